The second kappa shape index (κ2) is 12.7. The van der Waals surface area contributed by atoms with Gasteiger partial charge in [0.1, 0.15) is 22.3 Å². The van der Waals surface area contributed by atoms with Crippen LogP contribution in [0.4, 0.5) is 0 Å². The van der Waals surface area contributed by atoms with Crippen LogP contribution < -0.4 is 0 Å². The van der Waals surface area contributed by atoms with E-state index in [4.69, 9.17) is 8.83 Å². The van der Waals surface area contributed by atoms with Crippen LogP contribution in [0.2, 0.25) is 0 Å². The maximum absolute atomic E-state index is 6.59. The fourth-order valence-corrected chi connectivity index (χ4v) is 6.73. The predicted octanol–water partition coefficient (Wildman–Crippen LogP) is 13.0. The van der Waals surface area contributed by atoms with Gasteiger partial charge in [0.25, 0.3) is 0 Å². The third kappa shape index (κ3) is 5.76. The van der Waals surface area contributed by atoms with Crippen molar-refractivity contribution in [2.75, 3.05) is 0 Å². The Balaban J connectivity index is 1.27. The summed E-state index contributed by atoms with van der Waals surface area (Å²) in [6, 6.07) is 22.5. The van der Waals surface area contributed by atoms with Gasteiger partial charge in [-0.05, 0) is 72.7 Å². The van der Waals surface area contributed by atoms with Gasteiger partial charge in [0.2, 0.25) is 0 Å². The smallest absolute Gasteiger partial charge is 0.143 e. The minimum absolute atomic E-state index is 0.548. The lowest BCUT2D eigenvalue weighted by Crippen LogP contribution is -1.93. The van der Waals surface area contributed by atoms with Crippen LogP contribution in [0.1, 0.15) is 115 Å². The van der Waals surface area contributed by atoms with Crippen molar-refractivity contribution in [3.8, 4) is 0 Å². The van der Waals surface area contributed by atoms with Crippen LogP contribution >= 0.6 is 0 Å². The van der Waals surface area contributed by atoms with Gasteiger partial charge < -0.3 is 8.83 Å². The third-order valence-corrected chi connectivity index (χ3v) is 9.29. The second-order valence-corrected chi connectivity index (χ2v) is 12.4. The number of hydrogen-bond acceptors (Lipinski definition) is 2. The van der Waals surface area contributed by atoms with Crippen molar-refractivity contribution < 1.29 is 8.83 Å². The van der Waals surface area contributed by atoms with Crippen LogP contribution in [0.3, 0.4) is 0 Å². The molecule has 6 aromatic rings. The van der Waals surface area contributed by atoms with Crippen molar-refractivity contribution in [1.82, 2.24) is 0 Å². The molecule has 0 saturated carbocycles. The molecule has 0 aliphatic rings. The Morgan fingerprint density at radius 3 is 1.63 bits per heavy atom. The van der Waals surface area contributed by atoms with Crippen molar-refractivity contribution >= 4 is 54.6 Å². The van der Waals surface area contributed by atoms with E-state index in [2.05, 4.69) is 81.4 Å². The van der Waals surface area contributed by atoms with E-state index < -0.39 is 0 Å². The number of benzene rings is 4. The summed E-state index contributed by atoms with van der Waals surface area (Å²) in [5.74, 6) is 0.548. The molecule has 1 atom stereocenters. The van der Waals surface area contributed by atoms with Gasteiger partial charge in [-0.25, -0.2) is 0 Å². The monoisotopic (exact) mass is 546 g/mol. The molecule has 0 amide bonds. The second-order valence-electron chi connectivity index (χ2n) is 12.4. The van der Waals surface area contributed by atoms with Crippen LogP contribution in [0.5, 0.6) is 0 Å². The summed E-state index contributed by atoms with van der Waals surface area (Å²) in [4.78, 5) is 0. The molecule has 0 saturated heterocycles. The lowest BCUT2D eigenvalue weighted by molar-refractivity contribution is 0.566. The average Bonchev–Trinajstić information content (AvgIpc) is 3.56. The van der Waals surface area contributed by atoms with Gasteiger partial charge in [-0.15, -0.1) is 0 Å². The van der Waals surface area contributed by atoms with E-state index in [-0.39, 0.29) is 0 Å². The Hall–Kier alpha value is -3.26. The molecule has 41 heavy (non-hydrogen) atoms. The van der Waals surface area contributed by atoms with Crippen molar-refractivity contribution in [3.63, 3.8) is 0 Å². The van der Waals surface area contributed by atoms with Crippen LogP contribution in [0, 0.1) is 0 Å². The standard InChI is InChI=1S/C39H46O2/c1-4-6-8-10-12-14-16-28-17-19-30-32-21-23-35-34(38(32)40-36(30)25-28)24-22-33-31-20-18-29(26-37(31)41-39(33)35)27(3)15-13-11-9-7-5-2/h17-27H,4-16H2,1-3H3. The predicted molar refractivity (Wildman–Crippen MR) is 177 cm³/mol. The Morgan fingerprint density at radius 1 is 0.512 bits per heavy atom. The Kier molecular flexibility index (Phi) is 8.65. The number of unbranched alkanes of at least 4 members (excludes halogenated alkanes) is 9. The number of fused-ring (bicyclic) bond motifs is 9. The van der Waals surface area contributed by atoms with Crippen LogP contribution in [0.15, 0.2) is 69.5 Å². The van der Waals surface area contributed by atoms with Gasteiger partial charge in [0.15, 0.2) is 0 Å². The minimum Gasteiger partial charge on any atom is -0.455 e. The molecule has 2 nitrogen and oxygen atoms in total. The summed E-state index contributed by atoms with van der Waals surface area (Å²) < 4.78 is 13.2. The zero-order valence-electron chi connectivity index (χ0n) is 25.4. The van der Waals surface area contributed by atoms with E-state index >= 15 is 0 Å². The molecule has 1 unspecified atom stereocenters. The van der Waals surface area contributed by atoms with E-state index in [9.17, 15) is 0 Å². The molecular weight excluding hydrogens is 500 g/mol. The molecule has 0 N–H and O–H groups in total. The fourth-order valence-electron chi connectivity index (χ4n) is 6.73. The maximum Gasteiger partial charge on any atom is 0.143 e. The topological polar surface area (TPSA) is 26.3 Å². The molecule has 0 aliphatic carbocycles. The quantitative estimate of drug-likeness (QED) is 0.127. The molecule has 214 valence electrons. The summed E-state index contributed by atoms with van der Waals surface area (Å²) >= 11 is 0. The van der Waals surface area contributed by atoms with E-state index in [0.29, 0.717) is 5.92 Å². The van der Waals surface area contributed by atoms with Crippen LogP contribution in [0.25, 0.3) is 54.6 Å². The van der Waals surface area contributed by atoms with Crippen molar-refractivity contribution in [1.29, 1.82) is 0 Å². The largest absolute Gasteiger partial charge is 0.455 e. The lowest BCUT2D eigenvalue weighted by atomic mass is 9.94. The van der Waals surface area contributed by atoms with Gasteiger partial charge in [0, 0.05) is 32.3 Å². The van der Waals surface area contributed by atoms with E-state index in [1.807, 2.05) is 0 Å². The maximum atomic E-state index is 6.59. The number of hydrogen-bond donors (Lipinski definition) is 0. The van der Waals surface area contributed by atoms with Crippen LogP contribution in [-0.2, 0) is 6.42 Å². The highest BCUT2D eigenvalue weighted by Crippen LogP contribution is 2.40. The normalized spacial score (nSPS) is 13.0. The molecule has 0 radical (unpaired) electrons. The number of rotatable bonds is 14. The summed E-state index contributed by atoms with van der Waals surface area (Å²) in [6.45, 7) is 6.91. The molecule has 2 aromatic heterocycles. The van der Waals surface area contributed by atoms with Gasteiger partial charge in [-0.1, -0.05) is 109 Å². The fraction of sp³-hybridized carbons (Fsp3) is 0.436. The van der Waals surface area contributed by atoms with E-state index in [1.165, 1.54) is 110 Å². The first-order valence-electron chi connectivity index (χ1n) is 16.4. The first-order chi connectivity index (χ1) is 20.2. The molecule has 0 spiro atoms. The molecule has 2 heteroatoms. The van der Waals surface area contributed by atoms with E-state index in [0.717, 1.165) is 39.5 Å². The average molecular weight is 547 g/mol. The van der Waals surface area contributed by atoms with Gasteiger partial charge >= 0.3 is 0 Å². The van der Waals surface area contributed by atoms with Gasteiger partial charge in [-0.2, -0.15) is 0 Å². The van der Waals surface area contributed by atoms with E-state index in [1.54, 1.807) is 0 Å². The highest BCUT2D eigenvalue weighted by Gasteiger charge is 2.17. The molecule has 2 heterocycles. The summed E-state index contributed by atoms with van der Waals surface area (Å²) in [5.41, 5.74) is 6.68. The number of furan rings is 2. The lowest BCUT2D eigenvalue weighted by Gasteiger charge is -2.11. The summed E-state index contributed by atoms with van der Waals surface area (Å²) in [5, 5.41) is 7.02. The highest BCUT2D eigenvalue weighted by atomic mass is 16.3. The van der Waals surface area contributed by atoms with Crippen molar-refractivity contribution in [2.45, 2.75) is 110 Å². The molecular formula is C39H46O2. The van der Waals surface area contributed by atoms with Gasteiger partial charge in [-0.3, -0.25) is 0 Å². The SMILES string of the molecule is CCCCCCCCc1ccc2c(c1)oc1c2ccc2c1ccc1c3ccc(C(C)CCCCCCC)cc3oc12. The molecule has 0 fully saturated rings. The van der Waals surface area contributed by atoms with Crippen molar-refractivity contribution in [3.05, 3.63) is 71.8 Å². The first kappa shape index (κ1) is 27.9. The van der Waals surface area contributed by atoms with Crippen LogP contribution in [-0.4, -0.2) is 0 Å². The third-order valence-electron chi connectivity index (χ3n) is 9.29. The first-order valence-corrected chi connectivity index (χ1v) is 16.4. The molecule has 6 rings (SSSR count). The Labute approximate surface area is 245 Å². The zero-order chi connectivity index (χ0) is 28.2. The Morgan fingerprint density at radius 2 is 1.00 bits per heavy atom. The Bertz CT molecular complexity index is 1770. The molecule has 0 bridgehead atoms. The highest BCUT2D eigenvalue weighted by molar-refractivity contribution is 6.22. The van der Waals surface area contributed by atoms with Crippen molar-refractivity contribution in [2.24, 2.45) is 0 Å². The zero-order valence-corrected chi connectivity index (χ0v) is 25.4. The summed E-state index contributed by atoms with van der Waals surface area (Å²) in [7, 11) is 0. The minimum atomic E-state index is 0.548. The molecule has 0 aliphatic heterocycles. The summed E-state index contributed by atoms with van der Waals surface area (Å²) in [6.07, 6.45) is 17.0. The number of aryl methyl sites for hydroxylation is 1. The molecule has 4 aromatic carbocycles. The van der Waals surface area contributed by atoms with Gasteiger partial charge in [0.05, 0.1) is 0 Å².